The molecule has 0 aliphatic carbocycles. The van der Waals surface area contributed by atoms with Crippen LogP contribution in [-0.4, -0.2) is 23.9 Å². The molecule has 3 heteroatoms. The van der Waals surface area contributed by atoms with Gasteiger partial charge in [0, 0.05) is 13.1 Å². The molecule has 0 bridgehead atoms. The van der Waals surface area contributed by atoms with Crippen LogP contribution in [0.15, 0.2) is 35.7 Å². The number of hydrogen-bond donors (Lipinski definition) is 0. The standard InChI is InChI=1S/C15H22FNO/c1-4-9-12(3)14(13(16)5-2)15(18)17-10-7-6-8-11-17/h4-5H,1,6-11H2,2-3H3/b13-5+,14-12+. The van der Waals surface area contributed by atoms with E-state index < -0.39 is 5.83 Å². The summed E-state index contributed by atoms with van der Waals surface area (Å²) in [5.41, 5.74) is 0.968. The Kier molecular flexibility index (Phi) is 5.83. The summed E-state index contributed by atoms with van der Waals surface area (Å²) in [6.07, 6.45) is 6.76. The molecule has 1 rings (SSSR count). The molecule has 0 aromatic heterocycles. The number of rotatable bonds is 4. The van der Waals surface area contributed by atoms with Crippen molar-refractivity contribution in [2.24, 2.45) is 0 Å². The van der Waals surface area contributed by atoms with Gasteiger partial charge in [-0.1, -0.05) is 17.7 Å². The molecule has 1 saturated heterocycles. The zero-order valence-corrected chi connectivity index (χ0v) is 11.3. The fraction of sp³-hybridized carbons (Fsp3) is 0.533. The van der Waals surface area contributed by atoms with E-state index in [9.17, 15) is 9.18 Å². The monoisotopic (exact) mass is 251 g/mol. The second kappa shape index (κ2) is 7.14. The Balaban J connectivity index is 2.99. The topological polar surface area (TPSA) is 20.3 Å². The van der Waals surface area contributed by atoms with Gasteiger partial charge in [0.25, 0.3) is 5.91 Å². The molecule has 0 N–H and O–H groups in total. The molecule has 0 atom stereocenters. The largest absolute Gasteiger partial charge is 0.339 e. The number of allylic oxidation sites excluding steroid dienone is 3. The highest BCUT2D eigenvalue weighted by atomic mass is 19.1. The third-order valence-electron chi connectivity index (χ3n) is 3.23. The van der Waals surface area contributed by atoms with Crippen LogP contribution in [0.3, 0.4) is 0 Å². The molecular weight excluding hydrogens is 229 g/mol. The number of nitrogens with zero attached hydrogens (tertiary/aromatic N) is 1. The lowest BCUT2D eigenvalue weighted by Gasteiger charge is -2.28. The highest BCUT2D eigenvalue weighted by Gasteiger charge is 2.24. The number of hydrogen-bond acceptors (Lipinski definition) is 1. The molecule has 0 spiro atoms. The number of carbonyl (C=O) groups excluding carboxylic acids is 1. The van der Waals surface area contributed by atoms with E-state index in [-0.39, 0.29) is 11.5 Å². The molecule has 0 aromatic rings. The Labute approximate surface area is 109 Å². The smallest absolute Gasteiger partial charge is 0.256 e. The highest BCUT2D eigenvalue weighted by Crippen LogP contribution is 2.23. The maximum atomic E-state index is 13.9. The SMILES string of the molecule is C=CC/C(C)=C(C(=O)N1CCCCC1)\C(F)=C/C. The minimum absolute atomic E-state index is 0.176. The summed E-state index contributed by atoms with van der Waals surface area (Å²) in [6.45, 7) is 8.52. The van der Waals surface area contributed by atoms with Crippen molar-refractivity contribution in [1.29, 1.82) is 0 Å². The summed E-state index contributed by atoms with van der Waals surface area (Å²) in [6, 6.07) is 0. The third kappa shape index (κ3) is 3.56. The second-order valence-corrected chi connectivity index (χ2v) is 4.64. The lowest BCUT2D eigenvalue weighted by Crippen LogP contribution is -2.37. The van der Waals surface area contributed by atoms with Crippen molar-refractivity contribution in [2.45, 2.75) is 39.5 Å². The van der Waals surface area contributed by atoms with Crippen LogP contribution in [0, 0.1) is 0 Å². The van der Waals surface area contributed by atoms with Crippen molar-refractivity contribution in [1.82, 2.24) is 4.90 Å². The molecule has 0 radical (unpaired) electrons. The number of amides is 1. The highest BCUT2D eigenvalue weighted by molar-refractivity contribution is 5.98. The van der Waals surface area contributed by atoms with Crippen molar-refractivity contribution in [3.63, 3.8) is 0 Å². The first-order valence-corrected chi connectivity index (χ1v) is 6.54. The first kappa shape index (κ1) is 14.7. The maximum absolute atomic E-state index is 13.9. The average Bonchev–Trinajstić information content (AvgIpc) is 2.40. The Morgan fingerprint density at radius 3 is 2.44 bits per heavy atom. The first-order chi connectivity index (χ1) is 8.61. The van der Waals surface area contributed by atoms with E-state index in [4.69, 9.17) is 0 Å². The predicted octanol–water partition coefficient (Wildman–Crippen LogP) is 3.76. The molecule has 1 aliphatic rings. The van der Waals surface area contributed by atoms with Crippen LogP contribution >= 0.6 is 0 Å². The summed E-state index contributed by atoms with van der Waals surface area (Å²) in [4.78, 5) is 14.1. The molecule has 100 valence electrons. The lowest BCUT2D eigenvalue weighted by atomic mass is 10.0. The van der Waals surface area contributed by atoms with Gasteiger partial charge in [-0.25, -0.2) is 4.39 Å². The summed E-state index contributed by atoms with van der Waals surface area (Å²) in [5.74, 6) is -0.602. The lowest BCUT2D eigenvalue weighted by molar-refractivity contribution is -0.127. The van der Waals surface area contributed by atoms with E-state index in [2.05, 4.69) is 6.58 Å². The van der Waals surface area contributed by atoms with Gasteiger partial charge in [-0.3, -0.25) is 4.79 Å². The Morgan fingerprint density at radius 2 is 1.94 bits per heavy atom. The number of halogens is 1. The number of carbonyl (C=O) groups is 1. The van der Waals surface area contributed by atoms with Gasteiger partial charge >= 0.3 is 0 Å². The minimum Gasteiger partial charge on any atom is -0.339 e. The summed E-state index contributed by atoms with van der Waals surface area (Å²) < 4.78 is 13.9. The molecular formula is C15H22FNO. The molecule has 0 saturated carbocycles. The van der Waals surface area contributed by atoms with Crippen LogP contribution in [-0.2, 0) is 4.79 Å². The predicted molar refractivity (Wildman–Crippen MR) is 72.8 cm³/mol. The van der Waals surface area contributed by atoms with Gasteiger partial charge in [-0.15, -0.1) is 6.58 Å². The van der Waals surface area contributed by atoms with Crippen molar-refractivity contribution in [3.05, 3.63) is 35.7 Å². The zero-order chi connectivity index (χ0) is 13.5. The maximum Gasteiger partial charge on any atom is 0.256 e. The van der Waals surface area contributed by atoms with E-state index in [1.165, 1.54) is 6.08 Å². The van der Waals surface area contributed by atoms with E-state index >= 15 is 0 Å². The third-order valence-corrected chi connectivity index (χ3v) is 3.23. The molecule has 2 nitrogen and oxygen atoms in total. The van der Waals surface area contributed by atoms with E-state index in [1.807, 2.05) is 0 Å². The van der Waals surface area contributed by atoms with Crippen LogP contribution < -0.4 is 0 Å². The van der Waals surface area contributed by atoms with E-state index in [0.717, 1.165) is 37.9 Å². The summed E-state index contributed by atoms with van der Waals surface area (Å²) in [7, 11) is 0. The number of likely N-dealkylation sites (tertiary alicyclic amines) is 1. The van der Waals surface area contributed by atoms with Crippen LogP contribution in [0.25, 0.3) is 0 Å². The van der Waals surface area contributed by atoms with Gasteiger partial charge in [0.05, 0.1) is 5.57 Å². The quantitative estimate of drug-likeness (QED) is 0.423. The molecule has 1 heterocycles. The van der Waals surface area contributed by atoms with Gasteiger partial charge in [-0.05, 0) is 39.5 Å². The Bertz CT molecular complexity index is 376. The molecule has 1 fully saturated rings. The van der Waals surface area contributed by atoms with Gasteiger partial charge in [0.1, 0.15) is 5.83 Å². The average molecular weight is 251 g/mol. The van der Waals surface area contributed by atoms with Crippen molar-refractivity contribution in [2.75, 3.05) is 13.1 Å². The zero-order valence-electron chi connectivity index (χ0n) is 11.3. The van der Waals surface area contributed by atoms with E-state index in [1.54, 1.807) is 24.8 Å². The molecule has 0 unspecified atom stereocenters. The normalized spacial score (nSPS) is 18.4. The molecule has 18 heavy (non-hydrogen) atoms. The van der Waals surface area contributed by atoms with E-state index in [0.29, 0.717) is 6.42 Å². The molecule has 1 amide bonds. The van der Waals surface area contributed by atoms with Crippen molar-refractivity contribution >= 4 is 5.91 Å². The van der Waals surface area contributed by atoms with Crippen LogP contribution in [0.2, 0.25) is 0 Å². The Morgan fingerprint density at radius 1 is 1.33 bits per heavy atom. The van der Waals surface area contributed by atoms with Gasteiger partial charge in [0.2, 0.25) is 0 Å². The number of piperidine rings is 1. The van der Waals surface area contributed by atoms with Crippen LogP contribution in [0.4, 0.5) is 4.39 Å². The van der Waals surface area contributed by atoms with Crippen LogP contribution in [0.5, 0.6) is 0 Å². The van der Waals surface area contributed by atoms with Crippen LogP contribution in [0.1, 0.15) is 39.5 Å². The minimum atomic E-state index is -0.426. The fourth-order valence-electron chi connectivity index (χ4n) is 2.21. The fourth-order valence-corrected chi connectivity index (χ4v) is 2.21. The van der Waals surface area contributed by atoms with Gasteiger partial charge < -0.3 is 4.90 Å². The molecule has 0 aromatic carbocycles. The second-order valence-electron chi connectivity index (χ2n) is 4.64. The van der Waals surface area contributed by atoms with Gasteiger partial charge in [0.15, 0.2) is 0 Å². The first-order valence-electron chi connectivity index (χ1n) is 6.54. The summed E-state index contributed by atoms with van der Waals surface area (Å²) >= 11 is 0. The molecule has 1 aliphatic heterocycles. The Hall–Kier alpha value is -1.38. The van der Waals surface area contributed by atoms with Crippen molar-refractivity contribution < 1.29 is 9.18 Å². The van der Waals surface area contributed by atoms with Crippen molar-refractivity contribution in [3.8, 4) is 0 Å². The van der Waals surface area contributed by atoms with Gasteiger partial charge in [-0.2, -0.15) is 0 Å². The summed E-state index contributed by atoms with van der Waals surface area (Å²) in [5, 5.41) is 0.